The van der Waals surface area contributed by atoms with Crippen LogP contribution in [0.3, 0.4) is 0 Å². The fourth-order valence-electron chi connectivity index (χ4n) is 2.82. The minimum absolute atomic E-state index is 0.0454. The highest BCUT2D eigenvalue weighted by molar-refractivity contribution is 6.30. The van der Waals surface area contributed by atoms with Gasteiger partial charge in [-0.3, -0.25) is 0 Å². The van der Waals surface area contributed by atoms with Crippen LogP contribution < -0.4 is 15.5 Å². The lowest BCUT2D eigenvalue weighted by Crippen LogP contribution is -2.17. The van der Waals surface area contributed by atoms with Crippen molar-refractivity contribution < 1.29 is 22.3 Å². The van der Waals surface area contributed by atoms with Gasteiger partial charge in [-0.1, -0.05) is 23.7 Å². The molecule has 0 atom stereocenters. The van der Waals surface area contributed by atoms with Crippen LogP contribution in [-0.4, -0.2) is 27.5 Å². The van der Waals surface area contributed by atoms with E-state index >= 15 is 0 Å². The Morgan fingerprint density at radius 1 is 0.886 bits per heavy atom. The minimum atomic E-state index is -4.77. The molecule has 3 aromatic carbocycles. The Bertz CT molecular complexity index is 1330. The molecule has 0 aliphatic rings. The summed E-state index contributed by atoms with van der Waals surface area (Å²) in [4.78, 5) is 12.9. The molecule has 12 heteroatoms. The number of aromatic nitrogens is 3. The number of anilines is 3. The van der Waals surface area contributed by atoms with E-state index in [1.165, 1.54) is 36.5 Å². The van der Waals surface area contributed by atoms with Gasteiger partial charge in [0, 0.05) is 16.3 Å². The summed E-state index contributed by atoms with van der Waals surface area (Å²) in [5, 5.41) is 7.59. The van der Waals surface area contributed by atoms with Crippen LogP contribution in [0.2, 0.25) is 5.02 Å². The molecular weight excluding hydrogens is 488 g/mol. The first-order valence-electron chi connectivity index (χ1n) is 9.93. The summed E-state index contributed by atoms with van der Waals surface area (Å²) in [6.07, 6.45) is -3.41. The highest BCUT2D eigenvalue weighted by Gasteiger charge is 2.30. The molecule has 4 aromatic rings. The van der Waals surface area contributed by atoms with Crippen LogP contribution in [0, 0.1) is 5.82 Å². The number of benzene rings is 3. The zero-order chi connectivity index (χ0) is 24.8. The van der Waals surface area contributed by atoms with Gasteiger partial charge in [0.2, 0.25) is 11.9 Å². The van der Waals surface area contributed by atoms with Gasteiger partial charge in [-0.05, 0) is 66.2 Å². The highest BCUT2D eigenvalue weighted by atomic mass is 35.5. The maximum absolute atomic E-state index is 13.7. The molecule has 0 amide bonds. The molecule has 35 heavy (non-hydrogen) atoms. The lowest BCUT2D eigenvalue weighted by Gasteiger charge is -2.09. The van der Waals surface area contributed by atoms with Crippen molar-refractivity contribution in [2.24, 2.45) is 5.10 Å². The van der Waals surface area contributed by atoms with Crippen molar-refractivity contribution in [1.29, 1.82) is 0 Å². The van der Waals surface area contributed by atoms with Crippen LogP contribution in [-0.2, 0) is 0 Å². The molecule has 4 rings (SSSR count). The lowest BCUT2D eigenvalue weighted by molar-refractivity contribution is -0.274. The number of alkyl halides is 3. The van der Waals surface area contributed by atoms with Crippen molar-refractivity contribution in [3.8, 4) is 17.1 Å². The largest absolute Gasteiger partial charge is 0.573 e. The standard InChI is InChI=1S/C23H15ClF4N6O/c24-16-6-8-18(9-7-16)30-21-31-20(15-2-1-3-17(25)12-15)32-22(33-21)34-29-13-14-4-10-19(11-5-14)35-23(26,27)28/h1-13H,(H2,30,31,32,33,34)/b29-13-. The third-order valence-electron chi connectivity index (χ3n) is 4.31. The molecule has 1 heterocycles. The molecule has 178 valence electrons. The van der Waals surface area contributed by atoms with Crippen LogP contribution >= 0.6 is 11.6 Å². The second kappa shape index (κ2) is 10.3. The van der Waals surface area contributed by atoms with Crippen molar-refractivity contribution in [2.45, 2.75) is 6.36 Å². The van der Waals surface area contributed by atoms with E-state index in [-0.39, 0.29) is 23.5 Å². The molecule has 0 bridgehead atoms. The van der Waals surface area contributed by atoms with E-state index in [0.29, 0.717) is 21.8 Å². The first-order chi connectivity index (χ1) is 16.7. The zero-order valence-corrected chi connectivity index (χ0v) is 18.3. The molecular formula is C23H15ClF4N6O. The summed E-state index contributed by atoms with van der Waals surface area (Å²) >= 11 is 5.92. The third-order valence-corrected chi connectivity index (χ3v) is 4.56. The number of nitrogens with zero attached hydrogens (tertiary/aromatic N) is 4. The average Bonchev–Trinajstić information content (AvgIpc) is 2.81. The summed E-state index contributed by atoms with van der Waals surface area (Å²) in [7, 11) is 0. The van der Waals surface area contributed by atoms with Crippen molar-refractivity contribution in [3.63, 3.8) is 0 Å². The third kappa shape index (κ3) is 7.11. The van der Waals surface area contributed by atoms with E-state index in [1.54, 1.807) is 30.3 Å². The number of nitrogens with one attached hydrogen (secondary N) is 2. The number of hydrogen-bond donors (Lipinski definition) is 2. The zero-order valence-electron chi connectivity index (χ0n) is 17.6. The fourth-order valence-corrected chi connectivity index (χ4v) is 2.95. The molecule has 7 nitrogen and oxygen atoms in total. The van der Waals surface area contributed by atoms with Gasteiger partial charge in [-0.25, -0.2) is 9.82 Å². The molecule has 1 aromatic heterocycles. The van der Waals surface area contributed by atoms with Crippen molar-refractivity contribution in [2.75, 3.05) is 10.7 Å². The van der Waals surface area contributed by atoms with E-state index in [1.807, 2.05) is 0 Å². The number of halogens is 5. The molecule has 0 unspecified atom stereocenters. The van der Waals surface area contributed by atoms with Gasteiger partial charge in [0.05, 0.1) is 6.21 Å². The first-order valence-corrected chi connectivity index (χ1v) is 10.3. The quantitative estimate of drug-likeness (QED) is 0.172. The molecule has 0 fully saturated rings. The van der Waals surface area contributed by atoms with Gasteiger partial charge < -0.3 is 10.1 Å². The molecule has 0 aliphatic heterocycles. The predicted molar refractivity (Wildman–Crippen MR) is 124 cm³/mol. The van der Waals surface area contributed by atoms with E-state index in [4.69, 9.17) is 11.6 Å². The number of hydrogen-bond acceptors (Lipinski definition) is 7. The molecule has 0 aliphatic carbocycles. The Hall–Kier alpha value is -4.25. The van der Waals surface area contributed by atoms with Crippen molar-refractivity contribution in [3.05, 3.63) is 89.2 Å². The number of ether oxygens (including phenoxy) is 1. The van der Waals surface area contributed by atoms with Gasteiger partial charge >= 0.3 is 6.36 Å². The van der Waals surface area contributed by atoms with Gasteiger partial charge in [-0.2, -0.15) is 20.1 Å². The van der Waals surface area contributed by atoms with Crippen molar-refractivity contribution in [1.82, 2.24) is 15.0 Å². The lowest BCUT2D eigenvalue weighted by atomic mass is 10.2. The van der Waals surface area contributed by atoms with E-state index in [0.717, 1.165) is 12.1 Å². The highest BCUT2D eigenvalue weighted by Crippen LogP contribution is 2.23. The van der Waals surface area contributed by atoms with E-state index < -0.39 is 12.2 Å². The second-order valence-corrected chi connectivity index (χ2v) is 7.37. The van der Waals surface area contributed by atoms with Crippen LogP contribution in [0.5, 0.6) is 5.75 Å². The monoisotopic (exact) mass is 502 g/mol. The van der Waals surface area contributed by atoms with E-state index in [2.05, 4.69) is 35.5 Å². The normalized spacial score (nSPS) is 11.5. The molecule has 0 radical (unpaired) electrons. The van der Waals surface area contributed by atoms with Crippen LogP contribution in [0.25, 0.3) is 11.4 Å². The SMILES string of the molecule is Fc1cccc(-c2nc(N/N=C\c3ccc(OC(F)(F)F)cc3)nc(Nc3ccc(Cl)cc3)n2)c1. The van der Waals surface area contributed by atoms with Gasteiger partial charge in [0.1, 0.15) is 11.6 Å². The topological polar surface area (TPSA) is 84.3 Å². The predicted octanol–water partition coefficient (Wildman–Crippen LogP) is 6.42. The molecule has 0 spiro atoms. The summed E-state index contributed by atoms with van der Waals surface area (Å²) in [6.45, 7) is 0. The Morgan fingerprint density at radius 3 is 2.29 bits per heavy atom. The van der Waals surface area contributed by atoms with Crippen LogP contribution in [0.4, 0.5) is 35.1 Å². The van der Waals surface area contributed by atoms with Gasteiger partial charge in [-0.15, -0.1) is 13.2 Å². The Kier molecular flexibility index (Phi) is 7.06. The number of rotatable bonds is 7. The first kappa shape index (κ1) is 23.9. The van der Waals surface area contributed by atoms with Gasteiger partial charge in [0.25, 0.3) is 0 Å². The van der Waals surface area contributed by atoms with Crippen molar-refractivity contribution >= 4 is 35.4 Å². The maximum Gasteiger partial charge on any atom is 0.573 e. The van der Waals surface area contributed by atoms with E-state index in [9.17, 15) is 17.6 Å². The Labute approximate surface area is 201 Å². The summed E-state index contributed by atoms with van der Waals surface area (Å²) < 4.78 is 54.4. The summed E-state index contributed by atoms with van der Waals surface area (Å²) in [5.41, 5.74) is 4.21. The Balaban J connectivity index is 1.56. The Morgan fingerprint density at radius 2 is 1.60 bits per heavy atom. The fraction of sp³-hybridized carbons (Fsp3) is 0.0435. The maximum atomic E-state index is 13.7. The van der Waals surface area contributed by atoms with Gasteiger partial charge in [0.15, 0.2) is 5.82 Å². The van der Waals surface area contributed by atoms with Crippen LogP contribution in [0.1, 0.15) is 5.56 Å². The summed E-state index contributed by atoms with van der Waals surface area (Å²) in [6, 6.07) is 17.7. The molecule has 0 saturated carbocycles. The minimum Gasteiger partial charge on any atom is -0.406 e. The summed E-state index contributed by atoms with van der Waals surface area (Å²) in [5.74, 6) is -0.419. The number of hydrazone groups is 1. The molecule has 0 saturated heterocycles. The average molecular weight is 503 g/mol. The smallest absolute Gasteiger partial charge is 0.406 e. The van der Waals surface area contributed by atoms with Crippen LogP contribution in [0.15, 0.2) is 77.9 Å². The molecule has 2 N–H and O–H groups in total. The second-order valence-electron chi connectivity index (χ2n) is 6.94.